The minimum absolute atomic E-state index is 0.139. The zero-order valence-corrected chi connectivity index (χ0v) is 42.6. The molecule has 0 rings (SSSR count). The first kappa shape index (κ1) is 63.6. The first-order valence-corrected chi connectivity index (χ1v) is 20.7. The maximum Gasteiger partial charge on any atom is 0.144 e. The molecule has 0 spiro atoms. The molecular formula is C49H102O4. The number of carbonyl (C=O) groups excluding carboxylic acids is 4. The topological polar surface area (TPSA) is 68.3 Å². The fourth-order valence-corrected chi connectivity index (χ4v) is 3.37. The monoisotopic (exact) mass is 755 g/mol. The van der Waals surface area contributed by atoms with Gasteiger partial charge in [-0.2, -0.15) is 0 Å². The van der Waals surface area contributed by atoms with E-state index in [1.165, 1.54) is 0 Å². The van der Waals surface area contributed by atoms with Crippen LogP contribution in [-0.2, 0) is 19.2 Å². The Hall–Kier alpha value is -1.32. The molecular weight excluding hydrogens is 653 g/mol. The van der Waals surface area contributed by atoms with Crippen molar-refractivity contribution in [3.63, 3.8) is 0 Å². The number of carbonyl (C=O) groups is 4. The van der Waals surface area contributed by atoms with Gasteiger partial charge in [0, 0.05) is 33.5 Å². The number of Topliss-reactive ketones (excluding diaryl/α,β-unsaturated/α-hetero) is 4. The van der Waals surface area contributed by atoms with Crippen molar-refractivity contribution < 1.29 is 19.2 Å². The van der Waals surface area contributed by atoms with Gasteiger partial charge in [0.25, 0.3) is 0 Å². The molecule has 0 aliphatic carbocycles. The predicted molar refractivity (Wildman–Crippen MR) is 240 cm³/mol. The van der Waals surface area contributed by atoms with E-state index >= 15 is 0 Å². The minimum Gasteiger partial charge on any atom is -0.300 e. The minimum atomic E-state index is -0.215. The van der Waals surface area contributed by atoms with Crippen molar-refractivity contribution >= 4 is 23.1 Å². The van der Waals surface area contributed by atoms with Gasteiger partial charge in [0.15, 0.2) is 0 Å². The lowest BCUT2D eigenvalue weighted by atomic mass is 9.63. The third-order valence-electron chi connectivity index (χ3n) is 12.2. The normalized spacial score (nSPS) is 12.7. The molecule has 0 radical (unpaired) electrons. The Bertz CT molecular complexity index is 1020. The van der Waals surface area contributed by atoms with E-state index < -0.39 is 0 Å². The molecule has 0 unspecified atom stereocenters. The Balaban J connectivity index is -0.000000127. The van der Waals surface area contributed by atoms with Crippen molar-refractivity contribution in [3.8, 4) is 0 Å². The summed E-state index contributed by atoms with van der Waals surface area (Å²) in [5.41, 5.74) is 0.647. The fraction of sp³-hybridized carbons (Fsp3) is 0.918. The molecule has 4 nitrogen and oxygen atoms in total. The van der Waals surface area contributed by atoms with Crippen molar-refractivity contribution in [2.24, 2.45) is 73.4 Å². The quantitative estimate of drug-likeness (QED) is 0.259. The maximum atomic E-state index is 11.9. The van der Waals surface area contributed by atoms with Gasteiger partial charge in [0.2, 0.25) is 0 Å². The molecule has 0 aliphatic rings. The summed E-state index contributed by atoms with van der Waals surface area (Å²) in [7, 11) is 0. The third kappa shape index (κ3) is 29.6. The highest BCUT2D eigenvalue weighted by molar-refractivity contribution is 5.89. The summed E-state index contributed by atoms with van der Waals surface area (Å²) in [5, 5.41) is 0. The van der Waals surface area contributed by atoms with Gasteiger partial charge in [-0.05, 0) is 53.8 Å². The van der Waals surface area contributed by atoms with E-state index in [4.69, 9.17) is 0 Å². The van der Waals surface area contributed by atoms with Gasteiger partial charge in [-0.1, -0.05) is 208 Å². The number of hydrogen-bond donors (Lipinski definition) is 0. The maximum absolute atomic E-state index is 11.9. The Kier molecular flexibility index (Phi) is 30.1. The smallest absolute Gasteiger partial charge is 0.144 e. The summed E-state index contributed by atoms with van der Waals surface area (Å²) in [6, 6.07) is 0. The molecule has 0 aromatic rings. The molecule has 0 heterocycles. The van der Waals surface area contributed by atoms with E-state index in [1.54, 1.807) is 13.8 Å². The molecule has 0 aromatic heterocycles. The predicted octanol–water partition coefficient (Wildman–Crippen LogP) is 15.4. The highest BCUT2D eigenvalue weighted by atomic mass is 16.1. The Labute approximate surface area is 336 Å². The molecule has 53 heavy (non-hydrogen) atoms. The SMILES string of the molecule is CC(=O)C(C)(C)C(C)C.CC(=O)C(C)C.CC(C)C(=O)C(C)(C)C.CC(C)C(C)(C)C.CC(C)C(C)(C)C(=O)C(C)(C)C.CC(C)C(C)(C)C(C)(C)C. The van der Waals surface area contributed by atoms with Gasteiger partial charge in [0.1, 0.15) is 23.1 Å². The molecule has 0 amide bonds. The largest absolute Gasteiger partial charge is 0.300 e. The van der Waals surface area contributed by atoms with E-state index in [0.29, 0.717) is 39.6 Å². The summed E-state index contributed by atoms with van der Waals surface area (Å²) in [4.78, 5) is 44.1. The fourth-order valence-electron chi connectivity index (χ4n) is 3.37. The Morgan fingerprint density at radius 2 is 0.642 bits per heavy atom. The molecule has 0 saturated heterocycles. The van der Waals surface area contributed by atoms with Crippen LogP contribution in [-0.4, -0.2) is 23.1 Å². The highest BCUT2D eigenvalue weighted by Gasteiger charge is 2.38. The van der Waals surface area contributed by atoms with Crippen molar-refractivity contribution in [3.05, 3.63) is 0 Å². The lowest BCUT2D eigenvalue weighted by Gasteiger charge is -2.42. The van der Waals surface area contributed by atoms with E-state index in [2.05, 4.69) is 111 Å². The Morgan fingerprint density at radius 3 is 0.660 bits per heavy atom. The van der Waals surface area contributed by atoms with Crippen LogP contribution in [0.25, 0.3) is 0 Å². The number of rotatable bonds is 7. The lowest BCUT2D eigenvalue weighted by Crippen LogP contribution is -2.38. The van der Waals surface area contributed by atoms with Crippen LogP contribution < -0.4 is 0 Å². The molecule has 4 heteroatoms. The number of ketones is 4. The van der Waals surface area contributed by atoms with Crippen LogP contribution in [0.2, 0.25) is 0 Å². The summed E-state index contributed by atoms with van der Waals surface area (Å²) in [5.74, 6) is 4.01. The molecule has 0 N–H and O–H groups in total. The summed E-state index contributed by atoms with van der Waals surface area (Å²) < 4.78 is 0. The lowest BCUT2D eigenvalue weighted by molar-refractivity contribution is -0.137. The molecule has 0 atom stereocenters. The second kappa shape index (κ2) is 25.0. The second-order valence-corrected chi connectivity index (χ2v) is 23.1. The van der Waals surface area contributed by atoms with Gasteiger partial charge in [0.05, 0.1) is 0 Å². The van der Waals surface area contributed by atoms with Crippen molar-refractivity contribution in [2.45, 2.75) is 222 Å². The average Bonchev–Trinajstić information content (AvgIpc) is 2.91. The van der Waals surface area contributed by atoms with Crippen LogP contribution in [0.15, 0.2) is 0 Å². The first-order chi connectivity index (χ1) is 22.6. The zero-order chi connectivity index (χ0) is 45.3. The van der Waals surface area contributed by atoms with E-state index in [0.717, 1.165) is 11.8 Å². The first-order valence-electron chi connectivity index (χ1n) is 20.7. The van der Waals surface area contributed by atoms with Crippen LogP contribution in [0.5, 0.6) is 0 Å². The van der Waals surface area contributed by atoms with E-state index in [-0.39, 0.29) is 45.1 Å². The zero-order valence-electron chi connectivity index (χ0n) is 42.6. The average molecular weight is 755 g/mol. The van der Waals surface area contributed by atoms with Crippen molar-refractivity contribution in [1.82, 2.24) is 0 Å². The summed E-state index contributed by atoms with van der Waals surface area (Å²) in [6.45, 7) is 66.6. The van der Waals surface area contributed by atoms with Gasteiger partial charge < -0.3 is 0 Å². The van der Waals surface area contributed by atoms with Crippen LogP contribution >= 0.6 is 0 Å². The molecule has 322 valence electrons. The molecule has 0 aliphatic heterocycles. The molecule has 0 saturated carbocycles. The standard InChI is InChI=1S/C11H22O.C10H22.2C8H16O.C7H16.C5H10O/c1-8(2)11(6,7)9(12)10(3,4)5;1-8(2)10(6,7)9(3,4)5;1-6(2)7(9)8(3,4)5;1-6(2)8(4,5)7(3)9;1-6(2)7(3,4)5;1-4(2)5(3)6/h8H,1-7H3;8H,1-7H3;2*6H,1-5H3;6H,1-5H3;4H,1-3H3. The van der Waals surface area contributed by atoms with E-state index in [9.17, 15) is 19.2 Å². The van der Waals surface area contributed by atoms with Gasteiger partial charge in [-0.25, -0.2) is 0 Å². The molecule has 0 fully saturated rings. The molecule has 0 aromatic carbocycles. The van der Waals surface area contributed by atoms with Gasteiger partial charge in [-0.3, -0.25) is 19.2 Å². The third-order valence-corrected chi connectivity index (χ3v) is 12.2. The van der Waals surface area contributed by atoms with Crippen molar-refractivity contribution in [1.29, 1.82) is 0 Å². The summed E-state index contributed by atoms with van der Waals surface area (Å²) >= 11 is 0. The van der Waals surface area contributed by atoms with E-state index in [1.807, 2.05) is 96.9 Å². The van der Waals surface area contributed by atoms with Crippen LogP contribution in [0.1, 0.15) is 222 Å². The summed E-state index contributed by atoms with van der Waals surface area (Å²) in [6.07, 6.45) is 0. The van der Waals surface area contributed by atoms with Crippen LogP contribution in [0.3, 0.4) is 0 Å². The molecule has 0 bridgehead atoms. The van der Waals surface area contributed by atoms with Crippen LogP contribution in [0, 0.1) is 73.4 Å². The second-order valence-electron chi connectivity index (χ2n) is 23.1. The number of hydrogen-bond acceptors (Lipinski definition) is 4. The van der Waals surface area contributed by atoms with Crippen LogP contribution in [0.4, 0.5) is 0 Å². The van der Waals surface area contributed by atoms with Gasteiger partial charge >= 0.3 is 0 Å². The van der Waals surface area contributed by atoms with Crippen molar-refractivity contribution in [2.75, 3.05) is 0 Å². The Morgan fingerprint density at radius 1 is 0.377 bits per heavy atom. The highest BCUT2D eigenvalue weighted by Crippen LogP contribution is 2.43. The van der Waals surface area contributed by atoms with Gasteiger partial charge in [-0.15, -0.1) is 0 Å².